The van der Waals surface area contributed by atoms with Gasteiger partial charge in [0.1, 0.15) is 0 Å². The largest absolute Gasteiger partial charge is 0.478 e. The summed E-state index contributed by atoms with van der Waals surface area (Å²) in [5.41, 5.74) is 10.8. The Balaban J connectivity index is 1.32. The molecule has 3 aromatic rings. The van der Waals surface area contributed by atoms with Crippen molar-refractivity contribution in [2.75, 3.05) is 0 Å². The van der Waals surface area contributed by atoms with Crippen molar-refractivity contribution in [2.45, 2.75) is 58.3 Å². The predicted octanol–water partition coefficient (Wildman–Crippen LogP) is 6.48. The standard InChI is InChI=1S/C30H32O2/c1-19-13-20(2)15-22(14-19)16-26-18-30(3)27(26)17-25-6-4-5-23(28(25)30)10-7-21-8-11-24(12-9-21)29(31)32/h4-6,8-9,11-15,26-27H,7,10,16-18H2,1-3H3,(H,31,32). The van der Waals surface area contributed by atoms with E-state index in [1.54, 1.807) is 23.3 Å². The van der Waals surface area contributed by atoms with Crippen molar-refractivity contribution >= 4 is 5.97 Å². The van der Waals surface area contributed by atoms with E-state index in [-0.39, 0.29) is 0 Å². The van der Waals surface area contributed by atoms with Gasteiger partial charge in [-0.1, -0.05) is 66.6 Å². The zero-order valence-electron chi connectivity index (χ0n) is 19.3. The Labute approximate surface area is 191 Å². The number of carbonyl (C=O) groups is 1. The second kappa shape index (κ2) is 7.92. The van der Waals surface area contributed by atoms with Gasteiger partial charge in [-0.25, -0.2) is 4.79 Å². The summed E-state index contributed by atoms with van der Waals surface area (Å²) in [6.45, 7) is 6.90. The molecule has 2 nitrogen and oxygen atoms in total. The molecule has 0 heterocycles. The van der Waals surface area contributed by atoms with Crippen LogP contribution >= 0.6 is 0 Å². The highest BCUT2D eigenvalue weighted by atomic mass is 16.4. The van der Waals surface area contributed by atoms with Crippen LogP contribution in [0.3, 0.4) is 0 Å². The second-order valence-electron chi connectivity index (χ2n) is 10.3. The molecule has 32 heavy (non-hydrogen) atoms. The molecular formula is C30H32O2. The molecular weight excluding hydrogens is 392 g/mol. The van der Waals surface area contributed by atoms with Crippen LogP contribution in [0, 0.1) is 25.7 Å². The van der Waals surface area contributed by atoms with Gasteiger partial charge in [-0.2, -0.15) is 0 Å². The van der Waals surface area contributed by atoms with Gasteiger partial charge in [0, 0.05) is 0 Å². The van der Waals surface area contributed by atoms with Crippen LogP contribution in [0.5, 0.6) is 0 Å². The first-order valence-electron chi connectivity index (χ1n) is 11.8. The van der Waals surface area contributed by atoms with Gasteiger partial charge in [-0.3, -0.25) is 0 Å². The summed E-state index contributed by atoms with van der Waals surface area (Å²) < 4.78 is 0. The molecule has 1 saturated carbocycles. The quantitative estimate of drug-likeness (QED) is 0.492. The molecule has 3 unspecified atom stereocenters. The van der Waals surface area contributed by atoms with E-state index in [1.165, 1.54) is 47.1 Å². The first kappa shape index (κ1) is 21.0. The number of carboxylic acid groups (broad SMARTS) is 1. The Kier molecular flexibility index (Phi) is 5.20. The fourth-order valence-corrected chi connectivity index (χ4v) is 6.68. The first-order valence-corrected chi connectivity index (χ1v) is 11.8. The van der Waals surface area contributed by atoms with Crippen LogP contribution in [0.2, 0.25) is 0 Å². The van der Waals surface area contributed by atoms with E-state index >= 15 is 0 Å². The lowest BCUT2D eigenvalue weighted by atomic mass is 9.53. The predicted molar refractivity (Wildman–Crippen MR) is 130 cm³/mol. The molecule has 3 aromatic carbocycles. The van der Waals surface area contributed by atoms with E-state index in [2.05, 4.69) is 57.2 Å². The number of benzene rings is 3. The normalized spacial score (nSPS) is 23.3. The van der Waals surface area contributed by atoms with E-state index in [1.807, 2.05) is 12.1 Å². The van der Waals surface area contributed by atoms with Crippen molar-refractivity contribution in [1.82, 2.24) is 0 Å². The minimum atomic E-state index is -0.864. The van der Waals surface area contributed by atoms with Gasteiger partial charge < -0.3 is 5.11 Å². The fourth-order valence-electron chi connectivity index (χ4n) is 6.68. The lowest BCUT2D eigenvalue weighted by Gasteiger charge is -2.51. The minimum absolute atomic E-state index is 0.308. The maximum absolute atomic E-state index is 11.1. The summed E-state index contributed by atoms with van der Waals surface area (Å²) in [6, 6.07) is 21.2. The Bertz CT molecular complexity index is 1150. The smallest absolute Gasteiger partial charge is 0.335 e. The van der Waals surface area contributed by atoms with Crippen LogP contribution in [0.15, 0.2) is 60.7 Å². The monoisotopic (exact) mass is 424 g/mol. The number of fused-ring (bicyclic) bond motifs is 3. The highest BCUT2D eigenvalue weighted by Gasteiger charge is 2.56. The van der Waals surface area contributed by atoms with Crippen LogP contribution in [-0.4, -0.2) is 11.1 Å². The van der Waals surface area contributed by atoms with Crippen LogP contribution in [0.1, 0.15) is 62.6 Å². The summed E-state index contributed by atoms with van der Waals surface area (Å²) >= 11 is 0. The maximum atomic E-state index is 11.1. The van der Waals surface area contributed by atoms with Crippen LogP contribution < -0.4 is 0 Å². The molecule has 164 valence electrons. The first-order chi connectivity index (χ1) is 15.3. The number of hydrogen-bond donors (Lipinski definition) is 1. The Morgan fingerprint density at radius 1 is 0.969 bits per heavy atom. The zero-order chi connectivity index (χ0) is 22.5. The molecule has 0 aromatic heterocycles. The van der Waals surface area contributed by atoms with Gasteiger partial charge in [0.15, 0.2) is 0 Å². The SMILES string of the molecule is Cc1cc(C)cc(CC2CC3(C)c4c(CCc5ccc(C(=O)O)cc5)cccc4CC23)c1. The van der Waals surface area contributed by atoms with E-state index in [9.17, 15) is 4.79 Å². The average molecular weight is 425 g/mol. The van der Waals surface area contributed by atoms with Gasteiger partial charge in [0.05, 0.1) is 5.56 Å². The van der Waals surface area contributed by atoms with Crippen molar-refractivity contribution in [3.05, 3.63) is 105 Å². The summed E-state index contributed by atoms with van der Waals surface area (Å²) in [5, 5.41) is 9.12. The lowest BCUT2D eigenvalue weighted by Crippen LogP contribution is -2.48. The Morgan fingerprint density at radius 3 is 2.38 bits per heavy atom. The summed E-state index contributed by atoms with van der Waals surface area (Å²) in [7, 11) is 0. The number of rotatable bonds is 6. The zero-order valence-corrected chi connectivity index (χ0v) is 19.3. The van der Waals surface area contributed by atoms with Crippen molar-refractivity contribution in [3.8, 4) is 0 Å². The van der Waals surface area contributed by atoms with Gasteiger partial charge in [0.25, 0.3) is 0 Å². The molecule has 2 heteroatoms. The fraction of sp³-hybridized carbons (Fsp3) is 0.367. The van der Waals surface area contributed by atoms with Gasteiger partial charge in [-0.05, 0) is 103 Å². The van der Waals surface area contributed by atoms with Crippen molar-refractivity contribution in [3.63, 3.8) is 0 Å². The average Bonchev–Trinajstić information content (AvgIpc) is 2.98. The molecule has 3 atom stereocenters. The highest BCUT2D eigenvalue weighted by molar-refractivity contribution is 5.87. The van der Waals surface area contributed by atoms with E-state index in [0.29, 0.717) is 11.0 Å². The topological polar surface area (TPSA) is 37.3 Å². The second-order valence-corrected chi connectivity index (χ2v) is 10.3. The summed E-state index contributed by atoms with van der Waals surface area (Å²) in [6.07, 6.45) is 5.65. The molecule has 0 aliphatic heterocycles. The molecule has 1 fully saturated rings. The summed E-state index contributed by atoms with van der Waals surface area (Å²) in [4.78, 5) is 11.1. The molecule has 0 spiro atoms. The van der Waals surface area contributed by atoms with Gasteiger partial charge >= 0.3 is 5.97 Å². The third-order valence-corrected chi connectivity index (χ3v) is 7.98. The van der Waals surface area contributed by atoms with E-state index < -0.39 is 5.97 Å². The molecule has 0 saturated heterocycles. The van der Waals surface area contributed by atoms with E-state index in [0.717, 1.165) is 24.7 Å². The van der Waals surface area contributed by atoms with Gasteiger partial charge in [-0.15, -0.1) is 0 Å². The molecule has 0 radical (unpaired) electrons. The van der Waals surface area contributed by atoms with Crippen molar-refractivity contribution in [1.29, 1.82) is 0 Å². The number of hydrogen-bond acceptors (Lipinski definition) is 1. The lowest BCUT2D eigenvalue weighted by molar-refractivity contribution is 0.0617. The molecule has 1 N–H and O–H groups in total. The molecule has 2 aliphatic rings. The van der Waals surface area contributed by atoms with Crippen LogP contribution in [0.4, 0.5) is 0 Å². The number of aromatic carboxylic acids is 1. The summed E-state index contributed by atoms with van der Waals surface area (Å²) in [5.74, 6) is 0.649. The molecule has 0 bridgehead atoms. The highest BCUT2D eigenvalue weighted by Crippen LogP contribution is 2.61. The van der Waals surface area contributed by atoms with Gasteiger partial charge in [0.2, 0.25) is 0 Å². The van der Waals surface area contributed by atoms with Crippen molar-refractivity contribution < 1.29 is 9.90 Å². The third kappa shape index (κ3) is 3.66. The number of aryl methyl sites for hydroxylation is 4. The molecule has 0 amide bonds. The number of carboxylic acids is 1. The maximum Gasteiger partial charge on any atom is 0.335 e. The van der Waals surface area contributed by atoms with Crippen LogP contribution in [-0.2, 0) is 31.1 Å². The Hall–Kier alpha value is -2.87. The van der Waals surface area contributed by atoms with E-state index in [4.69, 9.17) is 5.11 Å². The minimum Gasteiger partial charge on any atom is -0.478 e. The third-order valence-electron chi connectivity index (χ3n) is 7.98. The van der Waals surface area contributed by atoms with Crippen molar-refractivity contribution in [2.24, 2.45) is 11.8 Å². The Morgan fingerprint density at radius 2 is 1.69 bits per heavy atom. The molecule has 2 aliphatic carbocycles. The molecule has 5 rings (SSSR count). The van der Waals surface area contributed by atoms with Crippen LogP contribution in [0.25, 0.3) is 0 Å².